The molecule has 1 amide bonds. The molecule has 136 valence electrons. The third-order valence-corrected chi connectivity index (χ3v) is 6.61. The second-order valence-corrected chi connectivity index (χ2v) is 8.66. The quantitative estimate of drug-likeness (QED) is 0.919. The van der Waals surface area contributed by atoms with Crippen LogP contribution >= 0.6 is 0 Å². The fourth-order valence-electron chi connectivity index (χ4n) is 5.83. The average Bonchev–Trinajstić information content (AvgIpc) is 3.10. The van der Waals surface area contributed by atoms with Crippen LogP contribution in [0.3, 0.4) is 0 Å². The smallest absolute Gasteiger partial charge is 0.246 e. The predicted octanol–water partition coefficient (Wildman–Crippen LogP) is 2.99. The van der Waals surface area contributed by atoms with E-state index in [1.807, 2.05) is 37.3 Å². The highest BCUT2D eigenvalue weighted by molar-refractivity contribution is 5.80. The van der Waals surface area contributed by atoms with Gasteiger partial charge in [0.05, 0.1) is 0 Å². The minimum Gasteiger partial charge on any atom is -0.349 e. The van der Waals surface area contributed by atoms with E-state index < -0.39 is 6.04 Å². The molecule has 4 aliphatic rings. The van der Waals surface area contributed by atoms with Crippen LogP contribution in [0.5, 0.6) is 0 Å². The summed E-state index contributed by atoms with van der Waals surface area (Å²) in [5.41, 5.74) is 0.926. The summed E-state index contributed by atoms with van der Waals surface area (Å²) < 4.78 is 0. The van der Waals surface area contributed by atoms with E-state index in [1.165, 1.54) is 24.1 Å². The van der Waals surface area contributed by atoms with Gasteiger partial charge < -0.3 is 5.32 Å². The topological polar surface area (TPSA) is 72.7 Å². The summed E-state index contributed by atoms with van der Waals surface area (Å²) in [6.07, 6.45) is 7.56. The van der Waals surface area contributed by atoms with E-state index in [9.17, 15) is 4.79 Å². The zero-order valence-electron chi connectivity index (χ0n) is 15.1. The Kier molecular flexibility index (Phi) is 3.62. The molecule has 1 aromatic carbocycles. The Bertz CT molecular complexity index is 779. The maximum absolute atomic E-state index is 12.9. The molecule has 4 fully saturated rings. The van der Waals surface area contributed by atoms with Gasteiger partial charge in [-0.15, -0.1) is 10.2 Å². The Hall–Kier alpha value is -2.24. The van der Waals surface area contributed by atoms with E-state index in [4.69, 9.17) is 0 Å². The van der Waals surface area contributed by atoms with E-state index in [2.05, 4.69) is 20.7 Å². The molecule has 1 atom stereocenters. The van der Waals surface area contributed by atoms with Gasteiger partial charge in [-0.2, -0.15) is 4.80 Å². The number of aromatic nitrogens is 4. The van der Waals surface area contributed by atoms with Crippen LogP contribution in [0, 0.1) is 17.8 Å². The van der Waals surface area contributed by atoms with Crippen molar-refractivity contribution in [1.29, 1.82) is 0 Å². The lowest BCUT2D eigenvalue weighted by Gasteiger charge is -2.57. The van der Waals surface area contributed by atoms with Crippen LogP contribution in [0.2, 0.25) is 0 Å². The number of hydrogen-bond acceptors (Lipinski definition) is 4. The van der Waals surface area contributed by atoms with Gasteiger partial charge in [-0.1, -0.05) is 30.3 Å². The molecule has 1 N–H and O–H groups in total. The van der Waals surface area contributed by atoms with E-state index in [-0.39, 0.29) is 11.4 Å². The van der Waals surface area contributed by atoms with Crippen molar-refractivity contribution in [3.8, 4) is 11.4 Å². The molecular weight excluding hydrogens is 326 g/mol. The van der Waals surface area contributed by atoms with Gasteiger partial charge in [0.1, 0.15) is 6.04 Å². The minimum atomic E-state index is -0.451. The van der Waals surface area contributed by atoms with E-state index in [0.29, 0.717) is 5.82 Å². The molecule has 6 rings (SSSR count). The summed E-state index contributed by atoms with van der Waals surface area (Å²) in [6.45, 7) is 1.85. The summed E-state index contributed by atoms with van der Waals surface area (Å²) >= 11 is 0. The fourth-order valence-corrected chi connectivity index (χ4v) is 5.83. The van der Waals surface area contributed by atoms with Crippen LogP contribution < -0.4 is 5.32 Å². The number of hydrogen-bond donors (Lipinski definition) is 1. The Morgan fingerprint density at radius 1 is 1.12 bits per heavy atom. The minimum absolute atomic E-state index is 0.0168. The van der Waals surface area contributed by atoms with Crippen molar-refractivity contribution in [3.63, 3.8) is 0 Å². The molecule has 4 aliphatic carbocycles. The first-order valence-electron chi connectivity index (χ1n) is 9.77. The number of nitrogens with zero attached hydrogens (tertiary/aromatic N) is 4. The van der Waals surface area contributed by atoms with E-state index in [0.717, 1.165) is 42.6 Å². The highest BCUT2D eigenvalue weighted by Crippen LogP contribution is 2.55. The fraction of sp³-hybridized carbons (Fsp3) is 0.600. The van der Waals surface area contributed by atoms with Gasteiger partial charge in [0, 0.05) is 11.1 Å². The molecule has 6 nitrogen and oxygen atoms in total. The lowest BCUT2D eigenvalue weighted by Crippen LogP contribution is -2.60. The molecule has 0 radical (unpaired) electrons. The van der Waals surface area contributed by atoms with Gasteiger partial charge in [0.15, 0.2) is 0 Å². The maximum atomic E-state index is 12.9. The van der Waals surface area contributed by atoms with Crippen molar-refractivity contribution in [2.75, 3.05) is 0 Å². The summed E-state index contributed by atoms with van der Waals surface area (Å²) in [4.78, 5) is 14.4. The Balaban J connectivity index is 1.31. The molecule has 0 aliphatic heterocycles. The van der Waals surface area contributed by atoms with Gasteiger partial charge in [0.25, 0.3) is 0 Å². The number of rotatable bonds is 4. The first kappa shape index (κ1) is 16.0. The lowest BCUT2D eigenvalue weighted by molar-refractivity contribution is -0.130. The summed E-state index contributed by atoms with van der Waals surface area (Å²) in [7, 11) is 0. The van der Waals surface area contributed by atoms with Crippen LogP contribution in [0.15, 0.2) is 30.3 Å². The van der Waals surface area contributed by atoms with Gasteiger partial charge >= 0.3 is 0 Å². The van der Waals surface area contributed by atoms with Crippen LogP contribution in [-0.4, -0.2) is 31.7 Å². The van der Waals surface area contributed by atoms with Crippen molar-refractivity contribution in [1.82, 2.24) is 25.5 Å². The third kappa shape index (κ3) is 2.72. The largest absolute Gasteiger partial charge is 0.349 e. The molecule has 2 aromatic rings. The SMILES string of the molecule is CC(C(=O)NC12CC3CC(CC(C3)C1)C2)n1nnc(-c2ccccc2)n1. The summed E-state index contributed by atoms with van der Waals surface area (Å²) in [5, 5.41) is 16.1. The second kappa shape index (κ2) is 5.89. The van der Waals surface area contributed by atoms with Gasteiger partial charge in [-0.25, -0.2) is 0 Å². The Morgan fingerprint density at radius 3 is 2.35 bits per heavy atom. The van der Waals surface area contributed by atoms with Crippen LogP contribution in [0.25, 0.3) is 11.4 Å². The third-order valence-electron chi connectivity index (χ3n) is 6.61. The molecule has 0 saturated heterocycles. The van der Waals surface area contributed by atoms with Crippen LogP contribution in [0.1, 0.15) is 51.5 Å². The lowest BCUT2D eigenvalue weighted by atomic mass is 9.53. The van der Waals surface area contributed by atoms with E-state index >= 15 is 0 Å². The monoisotopic (exact) mass is 351 g/mol. The van der Waals surface area contributed by atoms with Gasteiger partial charge in [0.2, 0.25) is 11.7 Å². The van der Waals surface area contributed by atoms with Gasteiger partial charge in [-0.05, 0) is 68.4 Å². The molecule has 26 heavy (non-hydrogen) atoms. The molecular formula is C20H25N5O. The van der Waals surface area contributed by atoms with Crippen molar-refractivity contribution >= 4 is 5.91 Å². The molecule has 1 heterocycles. The highest BCUT2D eigenvalue weighted by Gasteiger charge is 2.51. The first-order chi connectivity index (χ1) is 12.6. The number of carbonyl (C=O) groups is 1. The molecule has 1 unspecified atom stereocenters. The summed E-state index contributed by atoms with van der Waals surface area (Å²) in [6, 6.07) is 9.28. The number of nitrogens with one attached hydrogen (secondary N) is 1. The molecule has 4 bridgehead atoms. The summed E-state index contributed by atoms with van der Waals surface area (Å²) in [5.74, 6) is 3.01. The zero-order valence-corrected chi connectivity index (χ0v) is 15.1. The second-order valence-electron chi connectivity index (χ2n) is 8.66. The maximum Gasteiger partial charge on any atom is 0.246 e. The predicted molar refractivity (Wildman–Crippen MR) is 97.0 cm³/mol. The first-order valence-corrected chi connectivity index (χ1v) is 9.77. The average molecular weight is 351 g/mol. The van der Waals surface area contributed by atoms with Crippen molar-refractivity contribution in [3.05, 3.63) is 30.3 Å². The standard InChI is InChI=1S/C20H25N5O/c1-13(25-23-18(22-24-25)17-5-3-2-4-6-17)19(26)21-20-10-14-7-15(11-20)9-16(8-14)12-20/h2-6,13-16H,7-12H2,1H3,(H,21,26). The van der Waals surface area contributed by atoms with Crippen molar-refractivity contribution in [2.24, 2.45) is 17.8 Å². The van der Waals surface area contributed by atoms with Crippen molar-refractivity contribution in [2.45, 2.75) is 57.0 Å². The number of tetrazole rings is 1. The van der Waals surface area contributed by atoms with Crippen molar-refractivity contribution < 1.29 is 4.79 Å². The van der Waals surface area contributed by atoms with E-state index in [1.54, 1.807) is 0 Å². The van der Waals surface area contributed by atoms with Crippen LogP contribution in [-0.2, 0) is 4.79 Å². The van der Waals surface area contributed by atoms with Crippen LogP contribution in [0.4, 0.5) is 0 Å². The number of amides is 1. The Morgan fingerprint density at radius 2 is 1.73 bits per heavy atom. The molecule has 4 saturated carbocycles. The number of benzene rings is 1. The molecule has 1 aromatic heterocycles. The van der Waals surface area contributed by atoms with Gasteiger partial charge in [-0.3, -0.25) is 4.79 Å². The number of carbonyl (C=O) groups excluding carboxylic acids is 1. The molecule has 6 heteroatoms. The molecule has 0 spiro atoms. The highest BCUT2D eigenvalue weighted by atomic mass is 16.2. The Labute approximate surface area is 153 Å². The zero-order chi connectivity index (χ0) is 17.7. The normalized spacial score (nSPS) is 33.2.